The number of hydrogen-bond donors (Lipinski definition) is 2. The lowest BCUT2D eigenvalue weighted by Crippen LogP contribution is -2.26. The minimum Gasteiger partial charge on any atom is -0.494 e. The molecule has 1 unspecified atom stereocenters. The molecule has 0 aromatic heterocycles. The summed E-state index contributed by atoms with van der Waals surface area (Å²) in [6.45, 7) is 4.85. The van der Waals surface area contributed by atoms with Gasteiger partial charge in [-0.05, 0) is 38.0 Å². The van der Waals surface area contributed by atoms with Crippen molar-refractivity contribution in [3.63, 3.8) is 0 Å². The second-order valence-electron chi connectivity index (χ2n) is 4.27. The van der Waals surface area contributed by atoms with Crippen LogP contribution in [0.4, 0.5) is 0 Å². The van der Waals surface area contributed by atoms with Gasteiger partial charge in [-0.25, -0.2) is 0 Å². The van der Waals surface area contributed by atoms with Crippen molar-refractivity contribution in [1.82, 2.24) is 5.32 Å². The van der Waals surface area contributed by atoms with Crippen molar-refractivity contribution in [2.24, 2.45) is 0 Å². The van der Waals surface area contributed by atoms with E-state index >= 15 is 0 Å². The van der Waals surface area contributed by atoms with Crippen LogP contribution in [0.2, 0.25) is 0 Å². The molecule has 1 rings (SSSR count). The molecule has 0 bridgehead atoms. The highest BCUT2D eigenvalue weighted by Crippen LogP contribution is 2.13. The summed E-state index contributed by atoms with van der Waals surface area (Å²) in [5.41, 5.74) is 0.578. The fourth-order valence-electron chi connectivity index (χ4n) is 1.44. The molecule has 0 aliphatic carbocycles. The van der Waals surface area contributed by atoms with Crippen molar-refractivity contribution >= 4 is 5.91 Å². The molecule has 0 aliphatic rings. The van der Waals surface area contributed by atoms with Gasteiger partial charge in [-0.15, -0.1) is 0 Å². The molecule has 1 amide bonds. The first kappa shape index (κ1) is 14.5. The van der Waals surface area contributed by atoms with Gasteiger partial charge in [-0.1, -0.05) is 13.0 Å². The molecule has 0 spiro atoms. The number of nitrogens with one attached hydrogen (secondary N) is 1. The Morgan fingerprint density at radius 1 is 1.50 bits per heavy atom. The van der Waals surface area contributed by atoms with Gasteiger partial charge in [0.25, 0.3) is 5.91 Å². The van der Waals surface area contributed by atoms with Crippen LogP contribution in [0.5, 0.6) is 5.75 Å². The minimum atomic E-state index is -0.399. The van der Waals surface area contributed by atoms with Crippen LogP contribution in [0.15, 0.2) is 24.3 Å². The quantitative estimate of drug-likeness (QED) is 0.779. The van der Waals surface area contributed by atoms with Crippen LogP contribution in [-0.4, -0.2) is 30.3 Å². The standard InChI is InChI=1S/C14H21NO3/c1-3-9-18-13-6-4-5-12(10-13)14(17)15-8-7-11(2)16/h4-6,10-11,16H,3,7-9H2,1-2H3,(H,15,17). The Labute approximate surface area is 108 Å². The summed E-state index contributed by atoms with van der Waals surface area (Å²) in [7, 11) is 0. The van der Waals surface area contributed by atoms with Crippen molar-refractivity contribution < 1.29 is 14.6 Å². The molecule has 100 valence electrons. The SMILES string of the molecule is CCCOc1cccc(C(=O)NCCC(C)O)c1. The summed E-state index contributed by atoms with van der Waals surface area (Å²) in [5.74, 6) is 0.567. The summed E-state index contributed by atoms with van der Waals surface area (Å²) in [5, 5.41) is 11.9. The lowest BCUT2D eigenvalue weighted by atomic mass is 10.2. The molecule has 2 N–H and O–H groups in total. The van der Waals surface area contributed by atoms with E-state index in [0.717, 1.165) is 6.42 Å². The summed E-state index contributed by atoms with van der Waals surface area (Å²) >= 11 is 0. The average Bonchev–Trinajstić information content (AvgIpc) is 2.36. The van der Waals surface area contributed by atoms with E-state index in [2.05, 4.69) is 5.32 Å². The molecule has 0 aliphatic heterocycles. The lowest BCUT2D eigenvalue weighted by Gasteiger charge is -2.08. The number of hydrogen-bond acceptors (Lipinski definition) is 3. The average molecular weight is 251 g/mol. The van der Waals surface area contributed by atoms with E-state index in [1.165, 1.54) is 0 Å². The summed E-state index contributed by atoms with van der Waals surface area (Å²) in [4.78, 5) is 11.8. The zero-order chi connectivity index (χ0) is 13.4. The van der Waals surface area contributed by atoms with Crippen molar-refractivity contribution in [2.45, 2.75) is 32.8 Å². The molecule has 1 aromatic carbocycles. The maximum atomic E-state index is 11.8. The maximum Gasteiger partial charge on any atom is 0.251 e. The Balaban J connectivity index is 2.51. The molecule has 4 heteroatoms. The predicted octanol–water partition coefficient (Wildman–Crippen LogP) is 1.98. The first-order valence-corrected chi connectivity index (χ1v) is 6.32. The van der Waals surface area contributed by atoms with Gasteiger partial charge in [-0.3, -0.25) is 4.79 Å². The number of rotatable bonds is 7. The monoisotopic (exact) mass is 251 g/mol. The first-order chi connectivity index (χ1) is 8.63. The Bertz CT molecular complexity index is 377. The molecule has 1 aromatic rings. The van der Waals surface area contributed by atoms with Crippen LogP contribution in [0, 0.1) is 0 Å². The largest absolute Gasteiger partial charge is 0.494 e. The van der Waals surface area contributed by atoms with E-state index < -0.39 is 6.10 Å². The predicted molar refractivity (Wildman–Crippen MR) is 70.9 cm³/mol. The van der Waals surface area contributed by atoms with Gasteiger partial charge >= 0.3 is 0 Å². The molecule has 0 radical (unpaired) electrons. The van der Waals surface area contributed by atoms with Gasteiger partial charge in [0.2, 0.25) is 0 Å². The molecule has 18 heavy (non-hydrogen) atoms. The van der Waals surface area contributed by atoms with Crippen molar-refractivity contribution in [3.05, 3.63) is 29.8 Å². The van der Waals surface area contributed by atoms with Gasteiger partial charge in [-0.2, -0.15) is 0 Å². The molecular weight excluding hydrogens is 230 g/mol. The van der Waals surface area contributed by atoms with Gasteiger partial charge in [0.15, 0.2) is 0 Å². The second kappa shape index (κ2) is 7.71. The van der Waals surface area contributed by atoms with Crippen LogP contribution in [0.25, 0.3) is 0 Å². The molecule has 4 nitrogen and oxygen atoms in total. The van der Waals surface area contributed by atoms with Crippen molar-refractivity contribution in [3.8, 4) is 5.75 Å². The van der Waals surface area contributed by atoms with E-state index in [4.69, 9.17) is 9.84 Å². The Morgan fingerprint density at radius 2 is 2.28 bits per heavy atom. The minimum absolute atomic E-state index is 0.141. The van der Waals surface area contributed by atoms with E-state index in [1.54, 1.807) is 25.1 Å². The van der Waals surface area contributed by atoms with Gasteiger partial charge in [0.05, 0.1) is 12.7 Å². The number of aliphatic hydroxyl groups excluding tert-OH is 1. The summed E-state index contributed by atoms with van der Waals surface area (Å²) < 4.78 is 5.47. The van der Waals surface area contributed by atoms with E-state index in [-0.39, 0.29) is 5.91 Å². The van der Waals surface area contributed by atoms with Crippen LogP contribution >= 0.6 is 0 Å². The Kier molecular flexibility index (Phi) is 6.22. The highest BCUT2D eigenvalue weighted by Gasteiger charge is 2.06. The molecule has 1 atom stereocenters. The number of aliphatic hydroxyl groups is 1. The van der Waals surface area contributed by atoms with Crippen molar-refractivity contribution in [2.75, 3.05) is 13.2 Å². The number of amides is 1. The molecule has 0 heterocycles. The van der Waals surface area contributed by atoms with Crippen LogP contribution in [-0.2, 0) is 0 Å². The number of carbonyl (C=O) groups is 1. The third kappa shape index (κ3) is 5.19. The fourth-order valence-corrected chi connectivity index (χ4v) is 1.44. The van der Waals surface area contributed by atoms with Crippen molar-refractivity contribution in [1.29, 1.82) is 0 Å². The molecule has 0 fully saturated rings. The zero-order valence-corrected chi connectivity index (χ0v) is 11.0. The summed E-state index contributed by atoms with van der Waals surface area (Å²) in [6, 6.07) is 7.11. The van der Waals surface area contributed by atoms with Crippen LogP contribution < -0.4 is 10.1 Å². The Hall–Kier alpha value is -1.55. The zero-order valence-electron chi connectivity index (χ0n) is 11.0. The van der Waals surface area contributed by atoms with Crippen LogP contribution in [0.3, 0.4) is 0 Å². The van der Waals surface area contributed by atoms with E-state index in [9.17, 15) is 4.79 Å². The number of ether oxygens (including phenoxy) is 1. The number of benzene rings is 1. The summed E-state index contributed by atoms with van der Waals surface area (Å²) in [6.07, 6.45) is 1.09. The smallest absolute Gasteiger partial charge is 0.251 e. The highest BCUT2D eigenvalue weighted by atomic mass is 16.5. The lowest BCUT2D eigenvalue weighted by molar-refractivity contribution is 0.0945. The Morgan fingerprint density at radius 3 is 2.94 bits per heavy atom. The molecule has 0 saturated heterocycles. The first-order valence-electron chi connectivity index (χ1n) is 6.32. The fraction of sp³-hybridized carbons (Fsp3) is 0.500. The normalized spacial score (nSPS) is 11.9. The molecule has 0 saturated carbocycles. The topological polar surface area (TPSA) is 58.6 Å². The van der Waals surface area contributed by atoms with Crippen LogP contribution in [0.1, 0.15) is 37.0 Å². The number of carbonyl (C=O) groups excluding carboxylic acids is 1. The van der Waals surface area contributed by atoms with Gasteiger partial charge < -0.3 is 15.2 Å². The maximum absolute atomic E-state index is 11.8. The van der Waals surface area contributed by atoms with E-state index in [0.29, 0.717) is 30.9 Å². The highest BCUT2D eigenvalue weighted by molar-refractivity contribution is 5.94. The third-order valence-corrected chi connectivity index (χ3v) is 2.42. The third-order valence-electron chi connectivity index (χ3n) is 2.42. The van der Waals surface area contributed by atoms with Gasteiger partial charge in [0, 0.05) is 12.1 Å². The molecular formula is C14H21NO3. The van der Waals surface area contributed by atoms with E-state index in [1.807, 2.05) is 13.0 Å². The second-order valence-corrected chi connectivity index (χ2v) is 4.27. The van der Waals surface area contributed by atoms with Gasteiger partial charge in [0.1, 0.15) is 5.75 Å².